The molecule has 4 rings (SSSR count). The summed E-state index contributed by atoms with van der Waals surface area (Å²) < 4.78 is 19.8. The van der Waals surface area contributed by atoms with Crippen molar-refractivity contribution in [3.63, 3.8) is 0 Å². The number of amidine groups is 1. The van der Waals surface area contributed by atoms with E-state index >= 15 is 0 Å². The molecule has 168 valence electrons. The normalized spacial score (nSPS) is 22.4. The molecule has 0 saturated carbocycles. The molecule has 1 aromatic heterocycles. The van der Waals surface area contributed by atoms with Gasteiger partial charge in [0.2, 0.25) is 0 Å². The fourth-order valence-electron chi connectivity index (χ4n) is 4.18. The van der Waals surface area contributed by atoms with E-state index in [0.29, 0.717) is 20.8 Å². The number of rotatable bonds is 5. The van der Waals surface area contributed by atoms with Crippen LogP contribution in [0.4, 0.5) is 4.39 Å². The van der Waals surface area contributed by atoms with Gasteiger partial charge in [0, 0.05) is 17.5 Å². The van der Waals surface area contributed by atoms with Crippen molar-refractivity contribution in [3.8, 4) is 0 Å². The Balaban J connectivity index is 1.91. The SMILES string of the molecule is CCOC(=O)C1=C(C(C)C)N2C(=N[C@@](C)(c3ccc(Cl)nc3)[C@H]2c2ccc(Cl)c(F)c2)S1. The third kappa shape index (κ3) is 3.80. The Morgan fingerprint density at radius 1 is 1.31 bits per heavy atom. The molecule has 0 N–H and O–H groups in total. The minimum absolute atomic E-state index is 0.0000499. The lowest BCUT2D eigenvalue weighted by atomic mass is 9.81. The van der Waals surface area contributed by atoms with Gasteiger partial charge >= 0.3 is 5.97 Å². The number of thioether (sulfide) groups is 1. The first kappa shape index (κ1) is 23.1. The van der Waals surface area contributed by atoms with E-state index in [1.54, 1.807) is 31.3 Å². The average molecular weight is 494 g/mol. The number of nitrogens with zero attached hydrogens (tertiary/aromatic N) is 3. The van der Waals surface area contributed by atoms with Crippen LogP contribution >= 0.6 is 35.0 Å². The Hall–Kier alpha value is -2.09. The fourth-order valence-corrected chi connectivity index (χ4v) is 5.71. The van der Waals surface area contributed by atoms with Crippen molar-refractivity contribution in [2.24, 2.45) is 10.9 Å². The van der Waals surface area contributed by atoms with Crippen LogP contribution in [0.2, 0.25) is 10.2 Å². The average Bonchev–Trinajstić information content (AvgIpc) is 3.23. The molecular formula is C23H22Cl2FN3O2S. The number of carbonyl (C=O) groups is 1. The van der Waals surface area contributed by atoms with Gasteiger partial charge in [-0.1, -0.05) is 49.2 Å². The van der Waals surface area contributed by atoms with E-state index in [9.17, 15) is 9.18 Å². The standard InChI is InChI=1S/C23H22Cl2FN3O2S/c1-5-31-21(30)19-18(12(2)3)29-20(13-6-8-15(24)16(26)10-13)23(4,28-22(29)32-19)14-7-9-17(25)27-11-14/h6-12,20H,5H2,1-4H3/t20-,23+/m1/s1. The number of benzene rings is 1. The second kappa shape index (κ2) is 8.69. The molecule has 2 atom stereocenters. The van der Waals surface area contributed by atoms with Gasteiger partial charge < -0.3 is 9.64 Å². The number of fused-ring (bicyclic) bond motifs is 1. The Morgan fingerprint density at radius 2 is 2.06 bits per heavy atom. The molecule has 0 spiro atoms. The Morgan fingerprint density at radius 3 is 2.66 bits per heavy atom. The van der Waals surface area contributed by atoms with Gasteiger partial charge in [0.25, 0.3) is 0 Å². The number of carbonyl (C=O) groups excluding carboxylic acids is 1. The van der Waals surface area contributed by atoms with Crippen molar-refractivity contribution in [2.45, 2.75) is 39.3 Å². The topological polar surface area (TPSA) is 54.8 Å². The van der Waals surface area contributed by atoms with E-state index in [1.807, 2.05) is 31.7 Å². The molecule has 5 nitrogen and oxygen atoms in total. The molecule has 32 heavy (non-hydrogen) atoms. The highest BCUT2D eigenvalue weighted by Crippen LogP contribution is 2.56. The van der Waals surface area contributed by atoms with Crippen LogP contribution in [0.15, 0.2) is 52.1 Å². The van der Waals surface area contributed by atoms with Crippen LogP contribution < -0.4 is 0 Å². The summed E-state index contributed by atoms with van der Waals surface area (Å²) in [6.45, 7) is 8.05. The van der Waals surface area contributed by atoms with Gasteiger partial charge in [0.05, 0.1) is 17.7 Å². The lowest BCUT2D eigenvalue weighted by Gasteiger charge is -2.36. The van der Waals surface area contributed by atoms with Crippen molar-refractivity contribution in [2.75, 3.05) is 6.61 Å². The molecule has 0 radical (unpaired) electrons. The first-order valence-electron chi connectivity index (χ1n) is 10.2. The summed E-state index contributed by atoms with van der Waals surface area (Å²) >= 11 is 13.3. The lowest BCUT2D eigenvalue weighted by Crippen LogP contribution is -2.36. The van der Waals surface area contributed by atoms with Gasteiger partial charge in [-0.3, -0.25) is 0 Å². The number of esters is 1. The van der Waals surface area contributed by atoms with Crippen molar-refractivity contribution >= 4 is 46.1 Å². The van der Waals surface area contributed by atoms with Crippen LogP contribution in [0.1, 0.15) is 44.9 Å². The zero-order valence-electron chi connectivity index (χ0n) is 18.0. The maximum atomic E-state index is 14.5. The Kier molecular flexibility index (Phi) is 6.27. The molecule has 2 aromatic rings. The highest BCUT2D eigenvalue weighted by atomic mass is 35.5. The summed E-state index contributed by atoms with van der Waals surface area (Å²) in [6.07, 6.45) is 1.68. The monoisotopic (exact) mass is 493 g/mol. The number of ether oxygens (including phenoxy) is 1. The van der Waals surface area contributed by atoms with Gasteiger partial charge in [-0.25, -0.2) is 19.2 Å². The highest BCUT2D eigenvalue weighted by Gasteiger charge is 2.53. The zero-order chi connectivity index (χ0) is 23.2. The smallest absolute Gasteiger partial charge is 0.346 e. The van der Waals surface area contributed by atoms with Crippen LogP contribution in [0.3, 0.4) is 0 Å². The van der Waals surface area contributed by atoms with Crippen LogP contribution in [0, 0.1) is 11.7 Å². The minimum atomic E-state index is -0.805. The zero-order valence-corrected chi connectivity index (χ0v) is 20.4. The number of allylic oxidation sites excluding steroid dienone is 1. The number of hydrogen-bond acceptors (Lipinski definition) is 6. The summed E-state index contributed by atoms with van der Waals surface area (Å²) in [7, 11) is 0. The largest absolute Gasteiger partial charge is 0.462 e. The summed E-state index contributed by atoms with van der Waals surface area (Å²) in [4.78, 5) is 24.5. The van der Waals surface area contributed by atoms with E-state index in [4.69, 9.17) is 32.9 Å². The van der Waals surface area contributed by atoms with Crippen LogP contribution in [0.25, 0.3) is 0 Å². The van der Waals surface area contributed by atoms with Crippen LogP contribution in [-0.2, 0) is 15.1 Å². The van der Waals surface area contributed by atoms with Gasteiger partial charge in [0.15, 0.2) is 5.17 Å². The summed E-state index contributed by atoms with van der Waals surface area (Å²) in [5.74, 6) is -0.893. The van der Waals surface area contributed by atoms with Gasteiger partial charge in [0.1, 0.15) is 21.4 Å². The van der Waals surface area contributed by atoms with Gasteiger partial charge in [-0.2, -0.15) is 0 Å². The number of aliphatic imine (C=N–C) groups is 1. The third-order valence-electron chi connectivity index (χ3n) is 5.59. The Labute approximate surface area is 200 Å². The Bertz CT molecular complexity index is 1140. The molecule has 0 saturated heterocycles. The molecule has 3 heterocycles. The first-order valence-corrected chi connectivity index (χ1v) is 11.8. The maximum absolute atomic E-state index is 14.5. The van der Waals surface area contributed by atoms with Crippen molar-refractivity contribution in [1.82, 2.24) is 9.88 Å². The van der Waals surface area contributed by atoms with Gasteiger partial charge in [-0.15, -0.1) is 0 Å². The number of aromatic nitrogens is 1. The predicted molar refractivity (Wildman–Crippen MR) is 126 cm³/mol. The highest BCUT2D eigenvalue weighted by molar-refractivity contribution is 8.18. The first-order chi connectivity index (χ1) is 15.2. The van der Waals surface area contributed by atoms with E-state index in [0.717, 1.165) is 11.3 Å². The van der Waals surface area contributed by atoms with Crippen molar-refractivity contribution in [3.05, 3.63) is 74.3 Å². The molecule has 0 amide bonds. The molecular weight excluding hydrogens is 472 g/mol. The molecule has 2 aliphatic heterocycles. The van der Waals surface area contributed by atoms with Crippen LogP contribution in [0.5, 0.6) is 0 Å². The molecule has 1 aromatic carbocycles. The van der Waals surface area contributed by atoms with E-state index in [1.165, 1.54) is 17.8 Å². The molecule has 9 heteroatoms. The number of halogens is 3. The van der Waals surface area contributed by atoms with E-state index < -0.39 is 17.4 Å². The summed E-state index contributed by atoms with van der Waals surface area (Å²) in [5.41, 5.74) is 1.51. The number of pyridine rings is 1. The second-order valence-electron chi connectivity index (χ2n) is 8.05. The van der Waals surface area contributed by atoms with E-state index in [2.05, 4.69) is 4.98 Å². The fraction of sp³-hybridized carbons (Fsp3) is 0.348. The van der Waals surface area contributed by atoms with Gasteiger partial charge in [-0.05, 0) is 55.3 Å². The van der Waals surface area contributed by atoms with E-state index in [-0.39, 0.29) is 23.5 Å². The van der Waals surface area contributed by atoms with Crippen molar-refractivity contribution in [1.29, 1.82) is 0 Å². The predicted octanol–water partition coefficient (Wildman–Crippen LogP) is 6.33. The van der Waals surface area contributed by atoms with Crippen LogP contribution in [-0.4, -0.2) is 27.6 Å². The second-order valence-corrected chi connectivity index (χ2v) is 9.82. The molecule has 2 aliphatic rings. The lowest BCUT2D eigenvalue weighted by molar-refractivity contribution is -0.137. The molecule has 0 unspecified atom stereocenters. The minimum Gasteiger partial charge on any atom is -0.462 e. The summed E-state index contributed by atoms with van der Waals surface area (Å²) in [5, 5.41) is 1.08. The molecule has 0 bridgehead atoms. The third-order valence-corrected chi connectivity index (χ3v) is 7.17. The quantitative estimate of drug-likeness (QED) is 0.359. The maximum Gasteiger partial charge on any atom is 0.346 e. The van der Waals surface area contributed by atoms with Crippen molar-refractivity contribution < 1.29 is 13.9 Å². The molecule has 0 fully saturated rings. The number of hydrogen-bond donors (Lipinski definition) is 0. The summed E-state index contributed by atoms with van der Waals surface area (Å²) in [6, 6.07) is 7.92. The molecule has 0 aliphatic carbocycles.